The van der Waals surface area contributed by atoms with E-state index in [4.69, 9.17) is 0 Å². The maximum Gasteiger partial charge on any atom is 0.138 e. The minimum Gasteiger partial charge on any atom is -0.506 e. The fourth-order valence-corrected chi connectivity index (χ4v) is 4.06. The van der Waals surface area contributed by atoms with E-state index in [9.17, 15) is 10.2 Å². The van der Waals surface area contributed by atoms with Crippen LogP contribution >= 0.6 is 31.9 Å². The summed E-state index contributed by atoms with van der Waals surface area (Å²) in [4.78, 5) is 9.18. The van der Waals surface area contributed by atoms with Gasteiger partial charge in [-0.1, -0.05) is 0 Å². The first-order chi connectivity index (χ1) is 13.2. The summed E-state index contributed by atoms with van der Waals surface area (Å²) < 4.78 is 1.38. The molecule has 0 amide bonds. The molecular weight excluding hydrogens is 543 g/mol. The maximum atomic E-state index is 10.2. The van der Waals surface area contributed by atoms with Gasteiger partial charge in [0.15, 0.2) is 0 Å². The molecule has 29 heavy (non-hydrogen) atoms. The number of hydrogen-bond acceptors (Lipinski definition) is 4. The molecule has 0 bridgehead atoms. The third-order valence-electron chi connectivity index (χ3n) is 4.46. The van der Waals surface area contributed by atoms with Gasteiger partial charge < -0.3 is 10.2 Å². The van der Waals surface area contributed by atoms with Crippen LogP contribution in [0.2, 0.25) is 0 Å². The van der Waals surface area contributed by atoms with Crippen LogP contribution in [0.5, 0.6) is 11.5 Å². The second kappa shape index (κ2) is 11.9. The molecule has 0 heterocycles. The summed E-state index contributed by atoms with van der Waals surface area (Å²) in [6, 6.07) is 7.66. The molecule has 2 N–H and O–H groups in total. The molecule has 0 atom stereocenters. The van der Waals surface area contributed by atoms with Crippen LogP contribution in [0.1, 0.15) is 48.9 Å². The number of rotatable bonds is 7. The van der Waals surface area contributed by atoms with Gasteiger partial charge in [-0.05, 0) is 108 Å². The Morgan fingerprint density at radius 1 is 0.759 bits per heavy atom. The minimum atomic E-state index is 0. The van der Waals surface area contributed by atoms with Gasteiger partial charge in [-0.3, -0.25) is 9.98 Å². The molecule has 0 fully saturated rings. The summed E-state index contributed by atoms with van der Waals surface area (Å²) in [5.41, 5.74) is 5.34. The number of hydrogen-bond donors (Lipinski definition) is 2. The van der Waals surface area contributed by atoms with E-state index >= 15 is 0 Å². The van der Waals surface area contributed by atoms with Crippen molar-refractivity contribution in [2.24, 2.45) is 9.98 Å². The quantitative estimate of drug-likeness (QED) is 0.302. The van der Waals surface area contributed by atoms with Crippen LogP contribution in [0.25, 0.3) is 0 Å². The molecule has 0 aliphatic heterocycles. The SMILES string of the molecule is CC(=NCCCCN=C(C)c1cc(C)cc(Br)c1O)c1cc(C)cc(Br)c1O.[Co]. The Labute approximate surface area is 200 Å². The van der Waals surface area contributed by atoms with E-state index < -0.39 is 0 Å². The van der Waals surface area contributed by atoms with E-state index in [1.54, 1.807) is 0 Å². The zero-order valence-corrected chi connectivity index (χ0v) is 21.2. The summed E-state index contributed by atoms with van der Waals surface area (Å²) in [6.45, 7) is 9.19. The summed E-state index contributed by atoms with van der Waals surface area (Å²) in [5, 5.41) is 20.4. The molecule has 1 radical (unpaired) electrons. The zero-order valence-electron chi connectivity index (χ0n) is 17.0. The van der Waals surface area contributed by atoms with Crippen LogP contribution in [-0.2, 0) is 16.8 Å². The van der Waals surface area contributed by atoms with E-state index in [0.717, 1.165) is 46.5 Å². The molecule has 0 spiro atoms. The predicted molar refractivity (Wildman–Crippen MR) is 124 cm³/mol. The van der Waals surface area contributed by atoms with Crippen molar-refractivity contribution >= 4 is 43.3 Å². The van der Waals surface area contributed by atoms with Crippen molar-refractivity contribution < 1.29 is 27.0 Å². The van der Waals surface area contributed by atoms with Gasteiger partial charge in [0.2, 0.25) is 0 Å². The molecule has 0 aliphatic rings. The van der Waals surface area contributed by atoms with Gasteiger partial charge in [0.1, 0.15) is 11.5 Å². The van der Waals surface area contributed by atoms with Crippen LogP contribution in [0.4, 0.5) is 0 Å². The van der Waals surface area contributed by atoms with E-state index in [1.165, 1.54) is 0 Å². The fourth-order valence-electron chi connectivity index (χ4n) is 2.91. The summed E-state index contributed by atoms with van der Waals surface area (Å²) in [6.07, 6.45) is 1.82. The van der Waals surface area contributed by atoms with E-state index in [1.807, 2.05) is 52.0 Å². The van der Waals surface area contributed by atoms with E-state index in [2.05, 4.69) is 41.8 Å². The largest absolute Gasteiger partial charge is 0.506 e. The number of aliphatic imine (C=N–C) groups is 2. The van der Waals surface area contributed by atoms with Gasteiger partial charge in [-0.15, -0.1) is 0 Å². The molecule has 2 aromatic rings. The van der Waals surface area contributed by atoms with Gasteiger partial charge in [-0.2, -0.15) is 0 Å². The summed E-state index contributed by atoms with van der Waals surface area (Å²) in [5.74, 6) is 0.465. The smallest absolute Gasteiger partial charge is 0.138 e. The third-order valence-corrected chi connectivity index (χ3v) is 5.67. The van der Waals surface area contributed by atoms with Crippen molar-refractivity contribution in [2.45, 2.75) is 40.5 Å². The predicted octanol–water partition coefficient (Wildman–Crippen LogP) is 6.34. The van der Waals surface area contributed by atoms with Crippen LogP contribution in [0.3, 0.4) is 0 Å². The van der Waals surface area contributed by atoms with Gasteiger partial charge in [-0.25, -0.2) is 0 Å². The number of benzene rings is 2. The number of halogens is 2. The number of nitrogens with zero attached hydrogens (tertiary/aromatic N) is 2. The van der Waals surface area contributed by atoms with Crippen molar-refractivity contribution in [3.63, 3.8) is 0 Å². The molecule has 0 saturated carbocycles. The van der Waals surface area contributed by atoms with Crippen molar-refractivity contribution in [3.8, 4) is 11.5 Å². The number of unbranched alkanes of at least 4 members (excludes halogenated alkanes) is 1. The topological polar surface area (TPSA) is 65.2 Å². The van der Waals surface area contributed by atoms with Gasteiger partial charge >= 0.3 is 0 Å². The van der Waals surface area contributed by atoms with Gasteiger partial charge in [0, 0.05) is 52.4 Å². The Balaban J connectivity index is 0.00000420. The molecule has 159 valence electrons. The number of aromatic hydroxyl groups is 2. The van der Waals surface area contributed by atoms with Crippen molar-refractivity contribution in [1.29, 1.82) is 0 Å². The van der Waals surface area contributed by atoms with Crippen LogP contribution in [0, 0.1) is 13.8 Å². The molecular formula is C22H26Br2CoN2O2. The average molecular weight is 569 g/mol. The first-order valence-electron chi connectivity index (χ1n) is 9.21. The Morgan fingerprint density at radius 2 is 1.10 bits per heavy atom. The Morgan fingerprint density at radius 3 is 1.45 bits per heavy atom. The maximum absolute atomic E-state index is 10.2. The Hall–Kier alpha value is -1.15. The Bertz CT molecular complexity index is 852. The normalized spacial score (nSPS) is 12.1. The van der Waals surface area contributed by atoms with E-state index in [0.29, 0.717) is 22.0 Å². The molecule has 0 aromatic heterocycles. The molecule has 0 saturated heterocycles. The monoisotopic (exact) mass is 567 g/mol. The first-order valence-corrected chi connectivity index (χ1v) is 10.8. The standard InChI is InChI=1S/C22H26Br2N2O2.Co/c1-13-9-17(21(27)19(23)11-13)15(3)25-7-5-6-8-26-16(4)18-10-14(2)12-20(24)22(18)28;/h9-12,27-28H,5-8H2,1-4H3;. The van der Waals surface area contributed by atoms with Crippen molar-refractivity contribution in [2.75, 3.05) is 13.1 Å². The summed E-state index contributed by atoms with van der Waals surface area (Å²) >= 11 is 6.75. The molecule has 7 heteroatoms. The molecule has 2 rings (SSSR count). The number of phenols is 2. The molecule has 0 unspecified atom stereocenters. The second-order valence-electron chi connectivity index (χ2n) is 6.93. The van der Waals surface area contributed by atoms with Crippen LogP contribution in [0.15, 0.2) is 43.2 Å². The third kappa shape index (κ3) is 7.24. The minimum absolute atomic E-state index is 0. The number of phenolic OH excluding ortho intramolecular Hbond substituents is 2. The zero-order chi connectivity index (χ0) is 20.8. The first kappa shape index (κ1) is 25.9. The Kier molecular flexibility index (Phi) is 10.6. The van der Waals surface area contributed by atoms with Gasteiger partial charge in [0.05, 0.1) is 8.95 Å². The fraction of sp³-hybridized carbons (Fsp3) is 0.364. The van der Waals surface area contributed by atoms with Crippen molar-refractivity contribution in [1.82, 2.24) is 0 Å². The summed E-state index contributed by atoms with van der Waals surface area (Å²) in [7, 11) is 0. The van der Waals surface area contributed by atoms with Gasteiger partial charge in [0.25, 0.3) is 0 Å². The van der Waals surface area contributed by atoms with E-state index in [-0.39, 0.29) is 28.3 Å². The van der Waals surface area contributed by atoms with Crippen molar-refractivity contribution in [3.05, 3.63) is 55.5 Å². The molecule has 2 aromatic carbocycles. The number of aryl methyl sites for hydroxylation is 2. The molecule has 0 aliphatic carbocycles. The van der Waals surface area contributed by atoms with Crippen LogP contribution < -0.4 is 0 Å². The molecule has 4 nitrogen and oxygen atoms in total. The van der Waals surface area contributed by atoms with Crippen LogP contribution in [-0.4, -0.2) is 34.7 Å². The average Bonchev–Trinajstić information content (AvgIpc) is 2.63. The second-order valence-corrected chi connectivity index (χ2v) is 8.64.